The number of benzene rings is 1. The first kappa shape index (κ1) is 11.6. The molecule has 88 valence electrons. The fourth-order valence-electron chi connectivity index (χ4n) is 1.72. The van der Waals surface area contributed by atoms with Gasteiger partial charge in [-0.1, -0.05) is 19.1 Å². The van der Waals surface area contributed by atoms with Gasteiger partial charge in [0, 0.05) is 18.1 Å². The monoisotopic (exact) mass is 227 g/mol. The maximum absolute atomic E-state index is 5.79. The van der Waals surface area contributed by atoms with E-state index in [9.17, 15) is 0 Å². The second kappa shape index (κ2) is 4.53. The fraction of sp³-hybridized carbons (Fsp3) is 0.286. The molecule has 1 aromatic carbocycles. The highest BCUT2D eigenvalue weighted by atomic mass is 14.9. The van der Waals surface area contributed by atoms with Crippen LogP contribution in [0.25, 0.3) is 11.3 Å². The lowest BCUT2D eigenvalue weighted by Crippen LogP contribution is -2.00. The van der Waals surface area contributed by atoms with Gasteiger partial charge in [0.1, 0.15) is 11.6 Å². The maximum atomic E-state index is 5.79. The number of hydrogen-bond donors (Lipinski definition) is 1. The van der Waals surface area contributed by atoms with Gasteiger partial charge in [-0.25, -0.2) is 9.97 Å². The second-order valence-electron chi connectivity index (χ2n) is 4.25. The average molecular weight is 227 g/mol. The summed E-state index contributed by atoms with van der Waals surface area (Å²) in [5.41, 5.74) is 10.3. The molecule has 0 spiro atoms. The second-order valence-corrected chi connectivity index (χ2v) is 4.25. The number of aromatic nitrogens is 2. The number of anilines is 1. The van der Waals surface area contributed by atoms with Crippen LogP contribution < -0.4 is 5.73 Å². The summed E-state index contributed by atoms with van der Waals surface area (Å²) in [5.74, 6) is 1.32. The third-order valence-electron chi connectivity index (χ3n) is 2.91. The highest BCUT2D eigenvalue weighted by Crippen LogP contribution is 2.21. The Kier molecular flexibility index (Phi) is 3.09. The molecule has 2 aromatic rings. The van der Waals surface area contributed by atoms with Crippen LogP contribution in [0.4, 0.5) is 5.82 Å². The summed E-state index contributed by atoms with van der Waals surface area (Å²) in [5, 5.41) is 0. The Morgan fingerprint density at radius 2 is 1.82 bits per heavy atom. The van der Waals surface area contributed by atoms with Gasteiger partial charge in [0.05, 0.1) is 5.69 Å². The smallest absolute Gasteiger partial charge is 0.131 e. The summed E-state index contributed by atoms with van der Waals surface area (Å²) in [6.07, 6.45) is 0.795. The molecule has 3 nitrogen and oxygen atoms in total. The molecule has 1 aromatic heterocycles. The minimum atomic E-state index is 0.532. The first-order valence-electron chi connectivity index (χ1n) is 5.81. The molecule has 2 N–H and O–H groups in total. The standard InChI is InChI=1S/C14H17N3/c1-4-14-16-12(8-13(15)17-14)11-6-5-9(2)10(3)7-11/h5-8H,4H2,1-3H3,(H2,15,16,17). The molecule has 2 rings (SSSR count). The zero-order valence-electron chi connectivity index (χ0n) is 10.5. The molecule has 3 heteroatoms. The Balaban J connectivity index is 2.52. The number of nitrogens with two attached hydrogens (primary N) is 1. The van der Waals surface area contributed by atoms with Crippen molar-refractivity contribution in [3.05, 3.63) is 41.2 Å². The summed E-state index contributed by atoms with van der Waals surface area (Å²) in [6, 6.07) is 8.14. The van der Waals surface area contributed by atoms with Gasteiger partial charge in [-0.3, -0.25) is 0 Å². The molecule has 1 heterocycles. The van der Waals surface area contributed by atoms with Crippen LogP contribution in [0, 0.1) is 13.8 Å². The van der Waals surface area contributed by atoms with E-state index in [1.807, 2.05) is 13.0 Å². The van der Waals surface area contributed by atoms with Crippen molar-refractivity contribution in [2.45, 2.75) is 27.2 Å². The molecule has 0 aliphatic carbocycles. The quantitative estimate of drug-likeness (QED) is 0.858. The SMILES string of the molecule is CCc1nc(N)cc(-c2ccc(C)c(C)c2)n1. The summed E-state index contributed by atoms with van der Waals surface area (Å²) in [4.78, 5) is 8.69. The molecular formula is C14H17N3. The van der Waals surface area contributed by atoms with E-state index < -0.39 is 0 Å². The van der Waals surface area contributed by atoms with Gasteiger partial charge in [0.25, 0.3) is 0 Å². The zero-order chi connectivity index (χ0) is 12.4. The van der Waals surface area contributed by atoms with Crippen molar-refractivity contribution in [3.8, 4) is 11.3 Å². The molecule has 0 fully saturated rings. The van der Waals surface area contributed by atoms with Crippen LogP contribution in [0.2, 0.25) is 0 Å². The molecular weight excluding hydrogens is 210 g/mol. The van der Waals surface area contributed by atoms with Gasteiger partial charge in [-0.2, -0.15) is 0 Å². The highest BCUT2D eigenvalue weighted by Gasteiger charge is 2.05. The number of rotatable bonds is 2. The molecule has 0 atom stereocenters. The lowest BCUT2D eigenvalue weighted by molar-refractivity contribution is 0.948. The predicted molar refractivity (Wildman–Crippen MR) is 70.7 cm³/mol. The molecule has 0 saturated heterocycles. The minimum absolute atomic E-state index is 0.532. The Morgan fingerprint density at radius 3 is 2.47 bits per heavy atom. The third kappa shape index (κ3) is 2.44. The third-order valence-corrected chi connectivity index (χ3v) is 2.91. The van der Waals surface area contributed by atoms with Crippen LogP contribution in [-0.4, -0.2) is 9.97 Å². The van der Waals surface area contributed by atoms with E-state index in [1.165, 1.54) is 11.1 Å². The van der Waals surface area contributed by atoms with Crippen molar-refractivity contribution in [3.63, 3.8) is 0 Å². The van der Waals surface area contributed by atoms with Crippen LogP contribution in [0.1, 0.15) is 23.9 Å². The van der Waals surface area contributed by atoms with Crippen LogP contribution in [0.15, 0.2) is 24.3 Å². The van der Waals surface area contributed by atoms with Crippen LogP contribution >= 0.6 is 0 Å². The Hall–Kier alpha value is -1.90. The molecule has 0 saturated carbocycles. The average Bonchev–Trinajstić information content (AvgIpc) is 2.32. The van der Waals surface area contributed by atoms with Crippen LogP contribution in [0.5, 0.6) is 0 Å². The first-order chi connectivity index (χ1) is 8.10. The first-order valence-corrected chi connectivity index (χ1v) is 5.81. The summed E-state index contributed by atoms with van der Waals surface area (Å²) in [7, 11) is 0. The molecule has 0 unspecified atom stereocenters. The van der Waals surface area contributed by atoms with Crippen molar-refractivity contribution in [2.24, 2.45) is 0 Å². The van der Waals surface area contributed by atoms with Crippen molar-refractivity contribution < 1.29 is 0 Å². The number of nitrogen functional groups attached to an aromatic ring is 1. The van der Waals surface area contributed by atoms with Gasteiger partial charge in [0.15, 0.2) is 0 Å². The van der Waals surface area contributed by atoms with E-state index in [1.54, 1.807) is 0 Å². The van der Waals surface area contributed by atoms with Gasteiger partial charge in [0.2, 0.25) is 0 Å². The zero-order valence-corrected chi connectivity index (χ0v) is 10.5. The van der Waals surface area contributed by atoms with E-state index in [0.29, 0.717) is 5.82 Å². The Morgan fingerprint density at radius 1 is 1.06 bits per heavy atom. The number of nitrogens with zero attached hydrogens (tertiary/aromatic N) is 2. The van der Waals surface area contributed by atoms with Gasteiger partial charge in [-0.05, 0) is 31.0 Å². The van der Waals surface area contributed by atoms with Crippen molar-refractivity contribution in [2.75, 3.05) is 5.73 Å². The van der Waals surface area contributed by atoms with Crippen molar-refractivity contribution >= 4 is 5.82 Å². The molecule has 0 bridgehead atoms. The molecule has 0 aliphatic rings. The van der Waals surface area contributed by atoms with Crippen molar-refractivity contribution in [1.29, 1.82) is 0 Å². The lowest BCUT2D eigenvalue weighted by Gasteiger charge is -2.07. The van der Waals surface area contributed by atoms with Crippen molar-refractivity contribution in [1.82, 2.24) is 9.97 Å². The Labute approximate surface area is 102 Å². The fourth-order valence-corrected chi connectivity index (χ4v) is 1.72. The topological polar surface area (TPSA) is 51.8 Å². The largest absolute Gasteiger partial charge is 0.384 e. The van der Waals surface area contributed by atoms with Crippen LogP contribution in [-0.2, 0) is 6.42 Å². The summed E-state index contributed by atoms with van der Waals surface area (Å²) >= 11 is 0. The van der Waals surface area contributed by atoms with Gasteiger partial charge in [-0.15, -0.1) is 0 Å². The number of hydrogen-bond acceptors (Lipinski definition) is 3. The molecule has 17 heavy (non-hydrogen) atoms. The van der Waals surface area contributed by atoms with Crippen LogP contribution in [0.3, 0.4) is 0 Å². The van der Waals surface area contributed by atoms with E-state index in [0.717, 1.165) is 23.5 Å². The molecule has 0 radical (unpaired) electrons. The highest BCUT2D eigenvalue weighted by molar-refractivity contribution is 5.63. The van der Waals surface area contributed by atoms with E-state index in [2.05, 4.69) is 42.0 Å². The normalized spacial score (nSPS) is 10.5. The van der Waals surface area contributed by atoms with E-state index in [-0.39, 0.29) is 0 Å². The minimum Gasteiger partial charge on any atom is -0.384 e. The summed E-state index contributed by atoms with van der Waals surface area (Å²) < 4.78 is 0. The number of aryl methyl sites for hydroxylation is 3. The van der Waals surface area contributed by atoms with E-state index in [4.69, 9.17) is 5.73 Å². The lowest BCUT2D eigenvalue weighted by atomic mass is 10.0. The Bertz CT molecular complexity index is 547. The summed E-state index contributed by atoms with van der Waals surface area (Å²) in [6.45, 7) is 6.23. The van der Waals surface area contributed by atoms with Gasteiger partial charge < -0.3 is 5.73 Å². The molecule has 0 aliphatic heterocycles. The predicted octanol–water partition coefficient (Wildman–Crippen LogP) is 2.91. The van der Waals surface area contributed by atoms with Gasteiger partial charge >= 0.3 is 0 Å². The van der Waals surface area contributed by atoms with E-state index >= 15 is 0 Å². The molecule has 0 amide bonds. The maximum Gasteiger partial charge on any atom is 0.131 e.